The zero-order chi connectivity index (χ0) is 16.9. The molecule has 6 nitrogen and oxygen atoms in total. The van der Waals surface area contributed by atoms with Crippen LogP contribution in [0.3, 0.4) is 0 Å². The standard InChI is InChI=1S/C17H17N3O3S/c21-15(10-18-17(23)14-5-2-8-24-14)19-13-4-1-3-11(9-13)16(22)20-12-6-7-12/h1-5,8-9,12H,6-7,10H2,(H,18,23)(H,19,21)(H,20,22). The molecule has 0 saturated heterocycles. The van der Waals surface area contributed by atoms with Crippen LogP contribution in [0.25, 0.3) is 0 Å². The number of anilines is 1. The van der Waals surface area contributed by atoms with E-state index >= 15 is 0 Å². The molecule has 2 aromatic rings. The van der Waals surface area contributed by atoms with Crippen LogP contribution in [-0.2, 0) is 4.79 Å². The Morgan fingerprint density at radius 2 is 1.92 bits per heavy atom. The molecule has 124 valence electrons. The number of carbonyl (C=O) groups excluding carboxylic acids is 3. The fourth-order valence-electron chi connectivity index (χ4n) is 2.10. The van der Waals surface area contributed by atoms with Gasteiger partial charge < -0.3 is 16.0 Å². The number of hydrogen-bond donors (Lipinski definition) is 3. The lowest BCUT2D eigenvalue weighted by atomic mass is 10.2. The molecule has 1 heterocycles. The predicted molar refractivity (Wildman–Crippen MR) is 92.2 cm³/mol. The Kier molecular flexibility index (Phi) is 4.90. The lowest BCUT2D eigenvalue weighted by molar-refractivity contribution is -0.115. The molecular weight excluding hydrogens is 326 g/mol. The maximum atomic E-state index is 12.0. The summed E-state index contributed by atoms with van der Waals surface area (Å²) in [6.07, 6.45) is 2.04. The second-order valence-corrected chi connectivity index (χ2v) is 6.48. The average Bonchev–Trinajstić information content (AvgIpc) is 3.22. The lowest BCUT2D eigenvalue weighted by Crippen LogP contribution is -2.32. The highest BCUT2D eigenvalue weighted by atomic mass is 32.1. The maximum Gasteiger partial charge on any atom is 0.261 e. The summed E-state index contributed by atoms with van der Waals surface area (Å²) in [6.45, 7) is -0.130. The minimum absolute atomic E-state index is 0.130. The SMILES string of the molecule is O=C(CNC(=O)c1cccs1)Nc1cccc(C(=O)NC2CC2)c1. The number of thiophene rings is 1. The number of hydrogen-bond acceptors (Lipinski definition) is 4. The number of nitrogens with one attached hydrogen (secondary N) is 3. The Morgan fingerprint density at radius 3 is 2.62 bits per heavy atom. The van der Waals surface area contributed by atoms with Gasteiger partial charge in [-0.2, -0.15) is 0 Å². The Balaban J connectivity index is 1.52. The topological polar surface area (TPSA) is 87.3 Å². The summed E-state index contributed by atoms with van der Waals surface area (Å²) in [6, 6.07) is 10.5. The van der Waals surface area contributed by atoms with E-state index < -0.39 is 0 Å². The predicted octanol–water partition coefficient (Wildman–Crippen LogP) is 2.01. The van der Waals surface area contributed by atoms with Gasteiger partial charge in [0.15, 0.2) is 0 Å². The van der Waals surface area contributed by atoms with Crippen molar-refractivity contribution < 1.29 is 14.4 Å². The molecule has 0 atom stereocenters. The molecule has 3 amide bonds. The van der Waals surface area contributed by atoms with Gasteiger partial charge in [-0.25, -0.2) is 0 Å². The van der Waals surface area contributed by atoms with Gasteiger partial charge in [-0.15, -0.1) is 11.3 Å². The molecule has 0 unspecified atom stereocenters. The molecule has 0 radical (unpaired) electrons. The van der Waals surface area contributed by atoms with Crippen molar-refractivity contribution in [3.8, 4) is 0 Å². The summed E-state index contributed by atoms with van der Waals surface area (Å²) in [5.74, 6) is -0.767. The molecule has 1 aliphatic carbocycles. The monoisotopic (exact) mass is 343 g/mol. The quantitative estimate of drug-likeness (QED) is 0.750. The first-order chi connectivity index (χ1) is 11.6. The van der Waals surface area contributed by atoms with Crippen molar-refractivity contribution in [2.45, 2.75) is 18.9 Å². The van der Waals surface area contributed by atoms with Gasteiger partial charge >= 0.3 is 0 Å². The van der Waals surface area contributed by atoms with Crippen molar-refractivity contribution in [1.29, 1.82) is 0 Å². The van der Waals surface area contributed by atoms with Crippen molar-refractivity contribution in [3.05, 3.63) is 52.2 Å². The number of rotatable bonds is 6. The van der Waals surface area contributed by atoms with Gasteiger partial charge in [-0.1, -0.05) is 12.1 Å². The highest BCUT2D eigenvalue weighted by Crippen LogP contribution is 2.20. The summed E-state index contributed by atoms with van der Waals surface area (Å²) in [5.41, 5.74) is 1.02. The Morgan fingerprint density at radius 1 is 1.08 bits per heavy atom. The molecule has 1 fully saturated rings. The summed E-state index contributed by atoms with van der Waals surface area (Å²) in [4.78, 5) is 36.3. The molecule has 24 heavy (non-hydrogen) atoms. The van der Waals surface area contributed by atoms with Crippen molar-refractivity contribution in [3.63, 3.8) is 0 Å². The van der Waals surface area contributed by atoms with Gasteiger partial charge in [-0.3, -0.25) is 14.4 Å². The first-order valence-corrected chi connectivity index (χ1v) is 8.52. The first-order valence-electron chi connectivity index (χ1n) is 7.64. The van der Waals surface area contributed by atoms with Crippen molar-refractivity contribution in [1.82, 2.24) is 10.6 Å². The van der Waals surface area contributed by atoms with E-state index in [-0.39, 0.29) is 30.3 Å². The van der Waals surface area contributed by atoms with Crippen LogP contribution in [0.4, 0.5) is 5.69 Å². The largest absolute Gasteiger partial charge is 0.349 e. The van der Waals surface area contributed by atoms with E-state index in [4.69, 9.17) is 0 Å². The smallest absolute Gasteiger partial charge is 0.261 e. The van der Waals surface area contributed by atoms with Crippen LogP contribution in [0, 0.1) is 0 Å². The third-order valence-corrected chi connectivity index (χ3v) is 4.34. The van der Waals surface area contributed by atoms with E-state index in [1.165, 1.54) is 11.3 Å². The molecule has 1 aromatic heterocycles. The molecule has 1 saturated carbocycles. The molecule has 0 bridgehead atoms. The second-order valence-electron chi connectivity index (χ2n) is 5.54. The van der Waals surface area contributed by atoms with E-state index in [0.717, 1.165) is 12.8 Å². The van der Waals surface area contributed by atoms with Gasteiger partial charge in [0.25, 0.3) is 11.8 Å². The van der Waals surface area contributed by atoms with Crippen LogP contribution in [-0.4, -0.2) is 30.3 Å². The van der Waals surface area contributed by atoms with E-state index in [0.29, 0.717) is 16.1 Å². The van der Waals surface area contributed by atoms with E-state index in [9.17, 15) is 14.4 Å². The van der Waals surface area contributed by atoms with Gasteiger partial charge in [0.05, 0.1) is 11.4 Å². The molecule has 7 heteroatoms. The first kappa shape index (κ1) is 16.2. The van der Waals surface area contributed by atoms with Crippen LogP contribution in [0.5, 0.6) is 0 Å². The summed E-state index contributed by atoms with van der Waals surface area (Å²) in [7, 11) is 0. The minimum Gasteiger partial charge on any atom is -0.349 e. The Labute approximate surface area is 143 Å². The summed E-state index contributed by atoms with van der Waals surface area (Å²) in [5, 5.41) is 9.93. The Hall–Kier alpha value is -2.67. The molecular formula is C17H17N3O3S. The molecule has 1 aromatic carbocycles. The van der Waals surface area contributed by atoms with Gasteiger partial charge in [0.2, 0.25) is 5.91 Å². The van der Waals surface area contributed by atoms with Crippen LogP contribution in [0.1, 0.15) is 32.9 Å². The zero-order valence-corrected chi connectivity index (χ0v) is 13.7. The molecule has 0 aliphatic heterocycles. The van der Waals surface area contributed by atoms with Crippen LogP contribution in [0.2, 0.25) is 0 Å². The van der Waals surface area contributed by atoms with E-state index in [1.54, 1.807) is 41.8 Å². The molecule has 3 rings (SSSR count). The summed E-state index contributed by atoms with van der Waals surface area (Å²) >= 11 is 1.31. The van der Waals surface area contributed by atoms with Gasteiger partial charge in [0, 0.05) is 17.3 Å². The van der Waals surface area contributed by atoms with E-state index in [1.807, 2.05) is 0 Å². The Bertz CT molecular complexity index is 754. The number of amides is 3. The van der Waals surface area contributed by atoms with Gasteiger partial charge in [0.1, 0.15) is 0 Å². The number of carbonyl (C=O) groups is 3. The molecule has 3 N–H and O–H groups in total. The van der Waals surface area contributed by atoms with Crippen molar-refractivity contribution in [2.75, 3.05) is 11.9 Å². The summed E-state index contributed by atoms with van der Waals surface area (Å²) < 4.78 is 0. The van der Waals surface area contributed by atoms with Crippen molar-refractivity contribution >= 4 is 34.7 Å². The highest BCUT2D eigenvalue weighted by Gasteiger charge is 2.23. The minimum atomic E-state index is -0.348. The average molecular weight is 343 g/mol. The molecule has 1 aliphatic rings. The molecule has 0 spiro atoms. The van der Waals surface area contributed by atoms with Crippen molar-refractivity contribution in [2.24, 2.45) is 0 Å². The van der Waals surface area contributed by atoms with Gasteiger partial charge in [-0.05, 0) is 42.5 Å². The fourth-order valence-corrected chi connectivity index (χ4v) is 2.74. The number of benzene rings is 1. The van der Waals surface area contributed by atoms with Crippen LogP contribution >= 0.6 is 11.3 Å². The fraction of sp³-hybridized carbons (Fsp3) is 0.235. The lowest BCUT2D eigenvalue weighted by Gasteiger charge is -2.08. The normalized spacial score (nSPS) is 13.2. The highest BCUT2D eigenvalue weighted by molar-refractivity contribution is 7.12. The third-order valence-electron chi connectivity index (χ3n) is 3.48. The van der Waals surface area contributed by atoms with Crippen LogP contribution in [0.15, 0.2) is 41.8 Å². The second kappa shape index (κ2) is 7.27. The zero-order valence-electron chi connectivity index (χ0n) is 12.9. The third kappa shape index (κ3) is 4.42. The maximum absolute atomic E-state index is 12.0. The van der Waals surface area contributed by atoms with E-state index in [2.05, 4.69) is 16.0 Å². The van der Waals surface area contributed by atoms with Crippen LogP contribution < -0.4 is 16.0 Å².